The van der Waals surface area contributed by atoms with Crippen LogP contribution in [0.1, 0.15) is 13.3 Å². The van der Waals surface area contributed by atoms with Crippen molar-refractivity contribution in [1.82, 2.24) is 10.6 Å². The highest BCUT2D eigenvalue weighted by molar-refractivity contribution is 5.82. The van der Waals surface area contributed by atoms with Crippen molar-refractivity contribution in [2.75, 3.05) is 6.61 Å². The van der Waals surface area contributed by atoms with Crippen LogP contribution >= 0.6 is 0 Å². The van der Waals surface area contributed by atoms with Crippen LogP contribution in [-0.4, -0.2) is 40.9 Å². The van der Waals surface area contributed by atoms with Crippen LogP contribution < -0.4 is 10.6 Å². The first kappa shape index (κ1) is 10.8. The molecule has 0 aromatic rings. The fourth-order valence-electron chi connectivity index (χ4n) is 1.08. The number of aliphatic hydroxyl groups excluding tert-OH is 1. The maximum absolute atomic E-state index is 11.1. The SMILES string of the molecule is CC1CC1NC(=O)N[C@H](CO)C(=O)O. The van der Waals surface area contributed by atoms with Crippen molar-refractivity contribution in [1.29, 1.82) is 0 Å². The molecule has 0 heterocycles. The molecule has 0 bridgehead atoms. The summed E-state index contributed by atoms with van der Waals surface area (Å²) in [5, 5.41) is 21.9. The summed E-state index contributed by atoms with van der Waals surface area (Å²) in [7, 11) is 0. The van der Waals surface area contributed by atoms with Gasteiger partial charge < -0.3 is 20.8 Å². The van der Waals surface area contributed by atoms with Crippen LogP contribution in [0.4, 0.5) is 4.79 Å². The Morgan fingerprint density at radius 2 is 2.14 bits per heavy atom. The summed E-state index contributed by atoms with van der Waals surface area (Å²) >= 11 is 0. The predicted octanol–water partition coefficient (Wildman–Crippen LogP) is -0.861. The molecule has 2 amide bonds. The molecule has 0 aromatic heterocycles. The summed E-state index contributed by atoms with van der Waals surface area (Å²) < 4.78 is 0. The number of carbonyl (C=O) groups is 2. The highest BCUT2D eigenvalue weighted by Gasteiger charge is 2.34. The van der Waals surface area contributed by atoms with Crippen LogP contribution in [0.2, 0.25) is 0 Å². The Bertz CT molecular complexity index is 243. The molecule has 1 rings (SSSR count). The second-order valence-corrected chi connectivity index (χ2v) is 3.51. The number of carboxylic acids is 1. The molecule has 6 heteroatoms. The van der Waals surface area contributed by atoms with Crippen molar-refractivity contribution in [2.45, 2.75) is 25.4 Å². The Balaban J connectivity index is 2.27. The number of hydrogen-bond donors (Lipinski definition) is 4. The molecule has 3 atom stereocenters. The van der Waals surface area contributed by atoms with E-state index in [1.807, 2.05) is 6.92 Å². The fraction of sp³-hybridized carbons (Fsp3) is 0.750. The number of urea groups is 1. The molecule has 6 nitrogen and oxygen atoms in total. The minimum absolute atomic E-state index is 0.142. The summed E-state index contributed by atoms with van der Waals surface area (Å²) in [6.45, 7) is 1.38. The molecule has 4 N–H and O–H groups in total. The van der Waals surface area contributed by atoms with Gasteiger partial charge in [-0.3, -0.25) is 0 Å². The van der Waals surface area contributed by atoms with Gasteiger partial charge in [0.15, 0.2) is 6.04 Å². The molecule has 80 valence electrons. The molecule has 0 spiro atoms. The highest BCUT2D eigenvalue weighted by Crippen LogP contribution is 2.28. The average Bonchev–Trinajstić information content (AvgIpc) is 2.77. The smallest absolute Gasteiger partial charge is 0.328 e. The second-order valence-electron chi connectivity index (χ2n) is 3.51. The molecule has 1 saturated carbocycles. The Labute approximate surface area is 81.3 Å². The van der Waals surface area contributed by atoms with Crippen LogP contribution in [0.5, 0.6) is 0 Å². The van der Waals surface area contributed by atoms with Crippen LogP contribution in [0.15, 0.2) is 0 Å². The molecule has 0 aromatic carbocycles. The van der Waals surface area contributed by atoms with E-state index in [1.165, 1.54) is 0 Å². The molecule has 1 fully saturated rings. The van der Waals surface area contributed by atoms with Crippen molar-refractivity contribution >= 4 is 12.0 Å². The molecule has 0 radical (unpaired) electrons. The fourth-order valence-corrected chi connectivity index (χ4v) is 1.08. The third kappa shape index (κ3) is 2.88. The van der Waals surface area contributed by atoms with Crippen molar-refractivity contribution in [2.24, 2.45) is 5.92 Å². The lowest BCUT2D eigenvalue weighted by Gasteiger charge is -2.12. The largest absolute Gasteiger partial charge is 0.480 e. The lowest BCUT2D eigenvalue weighted by molar-refractivity contribution is -0.140. The maximum atomic E-state index is 11.1. The van der Waals surface area contributed by atoms with Crippen LogP contribution in [0, 0.1) is 5.92 Å². The van der Waals surface area contributed by atoms with E-state index < -0.39 is 24.6 Å². The number of aliphatic carboxylic acids is 1. The summed E-state index contributed by atoms with van der Waals surface area (Å²) in [5.41, 5.74) is 0. The van der Waals surface area contributed by atoms with Gasteiger partial charge in [0.05, 0.1) is 6.61 Å². The van der Waals surface area contributed by atoms with E-state index in [1.54, 1.807) is 0 Å². The monoisotopic (exact) mass is 202 g/mol. The number of hydrogen-bond acceptors (Lipinski definition) is 3. The first-order valence-electron chi connectivity index (χ1n) is 4.45. The van der Waals surface area contributed by atoms with Gasteiger partial charge in [-0.1, -0.05) is 6.92 Å². The quantitative estimate of drug-likeness (QED) is 0.476. The van der Waals surface area contributed by atoms with E-state index in [-0.39, 0.29) is 6.04 Å². The van der Waals surface area contributed by atoms with E-state index in [4.69, 9.17) is 10.2 Å². The van der Waals surface area contributed by atoms with Crippen molar-refractivity contribution in [3.63, 3.8) is 0 Å². The molecular formula is C8H14N2O4. The predicted molar refractivity (Wildman–Crippen MR) is 47.7 cm³/mol. The molecule has 0 saturated heterocycles. The van der Waals surface area contributed by atoms with E-state index in [0.29, 0.717) is 5.92 Å². The molecule has 2 unspecified atom stereocenters. The molecule has 0 aliphatic heterocycles. The first-order chi connectivity index (χ1) is 6.54. The van der Waals surface area contributed by atoms with E-state index >= 15 is 0 Å². The standard InChI is InChI=1S/C8H14N2O4/c1-4-2-5(4)9-8(14)10-6(3-11)7(12)13/h4-6,11H,2-3H2,1H3,(H,12,13)(H2,9,10,14)/t4?,5?,6-/m1/s1. The number of nitrogens with one attached hydrogen (secondary N) is 2. The summed E-state index contributed by atoms with van der Waals surface area (Å²) in [6, 6.07) is -1.63. The normalized spacial score (nSPS) is 26.4. The molecule has 1 aliphatic rings. The third-order valence-electron chi connectivity index (χ3n) is 2.21. The number of rotatable bonds is 4. The summed E-state index contributed by atoms with van der Waals surface area (Å²) in [4.78, 5) is 21.5. The van der Waals surface area contributed by atoms with Crippen LogP contribution in [0.25, 0.3) is 0 Å². The minimum Gasteiger partial charge on any atom is -0.480 e. The molecule has 14 heavy (non-hydrogen) atoms. The van der Waals surface area contributed by atoms with Gasteiger partial charge in [-0.15, -0.1) is 0 Å². The zero-order valence-corrected chi connectivity index (χ0v) is 7.86. The number of amides is 2. The minimum atomic E-state index is -1.24. The van der Waals surface area contributed by atoms with E-state index in [0.717, 1.165) is 6.42 Å². The molecular weight excluding hydrogens is 188 g/mol. The van der Waals surface area contributed by atoms with Crippen molar-refractivity contribution < 1.29 is 19.8 Å². The van der Waals surface area contributed by atoms with E-state index in [2.05, 4.69) is 10.6 Å². The van der Waals surface area contributed by atoms with Crippen molar-refractivity contribution in [3.8, 4) is 0 Å². The number of carboxylic acid groups (broad SMARTS) is 1. The lowest BCUT2D eigenvalue weighted by atomic mass is 10.3. The summed E-state index contributed by atoms with van der Waals surface area (Å²) in [6.07, 6.45) is 0.921. The molecule has 1 aliphatic carbocycles. The number of carbonyl (C=O) groups excluding carboxylic acids is 1. The van der Waals surface area contributed by atoms with Gasteiger partial charge in [-0.2, -0.15) is 0 Å². The van der Waals surface area contributed by atoms with Gasteiger partial charge in [0.2, 0.25) is 0 Å². The van der Waals surface area contributed by atoms with Gasteiger partial charge in [-0.25, -0.2) is 9.59 Å². The summed E-state index contributed by atoms with van der Waals surface area (Å²) in [5.74, 6) is -0.787. The first-order valence-corrected chi connectivity index (χ1v) is 4.45. The third-order valence-corrected chi connectivity index (χ3v) is 2.21. The zero-order chi connectivity index (χ0) is 10.7. The number of aliphatic hydroxyl groups is 1. The Morgan fingerprint density at radius 1 is 1.57 bits per heavy atom. The second kappa shape index (κ2) is 4.28. The van der Waals surface area contributed by atoms with Gasteiger partial charge in [0.1, 0.15) is 0 Å². The zero-order valence-electron chi connectivity index (χ0n) is 7.86. The van der Waals surface area contributed by atoms with Gasteiger partial charge in [0.25, 0.3) is 0 Å². The average molecular weight is 202 g/mol. The van der Waals surface area contributed by atoms with Crippen LogP contribution in [-0.2, 0) is 4.79 Å². The van der Waals surface area contributed by atoms with Crippen molar-refractivity contribution in [3.05, 3.63) is 0 Å². The topological polar surface area (TPSA) is 98.7 Å². The van der Waals surface area contributed by atoms with E-state index in [9.17, 15) is 9.59 Å². The Kier molecular flexibility index (Phi) is 3.29. The Hall–Kier alpha value is -1.30. The van der Waals surface area contributed by atoms with Crippen LogP contribution in [0.3, 0.4) is 0 Å². The maximum Gasteiger partial charge on any atom is 0.328 e. The van der Waals surface area contributed by atoms with Gasteiger partial charge >= 0.3 is 12.0 Å². The Morgan fingerprint density at radius 3 is 2.50 bits per heavy atom. The highest BCUT2D eigenvalue weighted by atomic mass is 16.4. The van der Waals surface area contributed by atoms with Gasteiger partial charge in [-0.05, 0) is 12.3 Å². The van der Waals surface area contributed by atoms with Gasteiger partial charge in [0, 0.05) is 6.04 Å². The lowest BCUT2D eigenvalue weighted by Crippen LogP contribution is -2.48.